The van der Waals surface area contributed by atoms with E-state index in [9.17, 15) is 18.0 Å². The summed E-state index contributed by atoms with van der Waals surface area (Å²) in [5, 5.41) is 3.45. The van der Waals surface area contributed by atoms with Crippen molar-refractivity contribution in [3.8, 4) is 0 Å². The number of aryl methyl sites for hydroxylation is 1. The maximum atomic E-state index is 13.6. The largest absolute Gasteiger partial charge is 0.354 e. The van der Waals surface area contributed by atoms with E-state index in [2.05, 4.69) is 10.0 Å². The molecule has 37 heavy (non-hydrogen) atoms. The quantitative estimate of drug-likeness (QED) is 0.353. The summed E-state index contributed by atoms with van der Waals surface area (Å²) in [6, 6.07) is 22.1. The molecule has 0 aromatic heterocycles. The smallest absolute Gasteiger partial charge is 0.247 e. The topological polar surface area (TPSA) is 95.6 Å². The first-order valence-electron chi connectivity index (χ1n) is 12.2. The number of likely N-dealkylation sites (N-methyl/N-ethyl adjacent to an activating group) is 1. The number of sulfonamides is 1. The standard InChI is InChI=1S/C28H32ClN3O4S/c1-3-30-28(34)27(23-8-6-5-7-9-23)32(20-22-10-15-24(29)16-11-22)26(33)19-14-21-12-17-25(18-13-21)37(35,36)31-4-2/h5-13,15-18,27,31H,3-4,14,19-20H2,1-2H3,(H,30,34). The van der Waals surface area contributed by atoms with Crippen LogP contribution in [0.1, 0.15) is 43.0 Å². The Morgan fingerprint density at radius 1 is 0.865 bits per heavy atom. The molecule has 0 radical (unpaired) electrons. The lowest BCUT2D eigenvalue weighted by Crippen LogP contribution is -2.43. The number of hydrogen-bond acceptors (Lipinski definition) is 4. The lowest BCUT2D eigenvalue weighted by molar-refractivity contribution is -0.141. The molecule has 3 aromatic carbocycles. The third-order valence-corrected chi connectivity index (χ3v) is 7.62. The second-order valence-electron chi connectivity index (χ2n) is 8.50. The molecule has 0 aliphatic carbocycles. The van der Waals surface area contributed by atoms with Gasteiger partial charge in [-0.25, -0.2) is 13.1 Å². The third kappa shape index (κ3) is 7.89. The minimum Gasteiger partial charge on any atom is -0.354 e. The molecule has 7 nitrogen and oxygen atoms in total. The lowest BCUT2D eigenvalue weighted by Gasteiger charge is -2.31. The van der Waals surface area contributed by atoms with E-state index in [0.717, 1.165) is 11.1 Å². The predicted molar refractivity (Wildman–Crippen MR) is 145 cm³/mol. The van der Waals surface area contributed by atoms with Crippen molar-refractivity contribution in [3.63, 3.8) is 0 Å². The molecule has 2 N–H and O–H groups in total. The van der Waals surface area contributed by atoms with Crippen LogP contribution >= 0.6 is 11.6 Å². The van der Waals surface area contributed by atoms with Gasteiger partial charge in [-0.05, 0) is 54.3 Å². The van der Waals surface area contributed by atoms with Gasteiger partial charge in [0.05, 0.1) is 4.90 Å². The zero-order chi connectivity index (χ0) is 26.8. The molecule has 2 amide bonds. The van der Waals surface area contributed by atoms with Gasteiger partial charge in [0, 0.05) is 31.1 Å². The molecular formula is C28H32ClN3O4S. The first kappa shape index (κ1) is 28.4. The number of hydrogen-bond donors (Lipinski definition) is 2. The van der Waals surface area contributed by atoms with E-state index >= 15 is 0 Å². The molecule has 0 saturated heterocycles. The van der Waals surface area contributed by atoms with Crippen LogP contribution in [0.5, 0.6) is 0 Å². The molecule has 0 spiro atoms. The van der Waals surface area contributed by atoms with Crippen molar-refractivity contribution in [1.29, 1.82) is 0 Å². The molecular weight excluding hydrogens is 510 g/mol. The number of rotatable bonds is 12. The molecule has 196 valence electrons. The molecule has 1 atom stereocenters. The minimum atomic E-state index is -3.55. The molecule has 0 bridgehead atoms. The van der Waals surface area contributed by atoms with Gasteiger partial charge in [0.15, 0.2) is 0 Å². The van der Waals surface area contributed by atoms with Crippen LogP contribution in [-0.4, -0.2) is 38.2 Å². The lowest BCUT2D eigenvalue weighted by atomic mass is 10.0. The number of amides is 2. The summed E-state index contributed by atoms with van der Waals surface area (Å²) < 4.78 is 26.9. The fourth-order valence-electron chi connectivity index (χ4n) is 3.99. The van der Waals surface area contributed by atoms with Crippen LogP contribution in [0, 0.1) is 0 Å². The summed E-state index contributed by atoms with van der Waals surface area (Å²) in [5.74, 6) is -0.451. The maximum Gasteiger partial charge on any atom is 0.247 e. The highest BCUT2D eigenvalue weighted by Gasteiger charge is 2.31. The van der Waals surface area contributed by atoms with Crippen LogP contribution in [0.4, 0.5) is 0 Å². The summed E-state index contributed by atoms with van der Waals surface area (Å²) in [6.07, 6.45) is 0.546. The average Bonchev–Trinajstić information content (AvgIpc) is 2.89. The maximum absolute atomic E-state index is 13.6. The Hall–Kier alpha value is -3.20. The van der Waals surface area contributed by atoms with Crippen LogP contribution < -0.4 is 10.0 Å². The van der Waals surface area contributed by atoms with Crippen molar-refractivity contribution in [3.05, 3.63) is 101 Å². The zero-order valence-corrected chi connectivity index (χ0v) is 22.6. The summed E-state index contributed by atoms with van der Waals surface area (Å²) >= 11 is 6.05. The van der Waals surface area contributed by atoms with Crippen LogP contribution in [-0.2, 0) is 32.6 Å². The van der Waals surface area contributed by atoms with Gasteiger partial charge >= 0.3 is 0 Å². The van der Waals surface area contributed by atoms with Crippen LogP contribution in [0.25, 0.3) is 0 Å². The van der Waals surface area contributed by atoms with Crippen LogP contribution in [0.3, 0.4) is 0 Å². The summed E-state index contributed by atoms with van der Waals surface area (Å²) in [6.45, 7) is 4.53. The second-order valence-corrected chi connectivity index (χ2v) is 10.7. The fourth-order valence-corrected chi connectivity index (χ4v) is 5.16. The highest BCUT2D eigenvalue weighted by Crippen LogP contribution is 2.26. The van der Waals surface area contributed by atoms with Crippen molar-refractivity contribution >= 4 is 33.4 Å². The number of halogens is 1. The summed E-state index contributed by atoms with van der Waals surface area (Å²) in [7, 11) is -3.55. The van der Waals surface area contributed by atoms with E-state index in [1.165, 1.54) is 12.1 Å². The predicted octanol–water partition coefficient (Wildman–Crippen LogP) is 4.48. The highest BCUT2D eigenvalue weighted by molar-refractivity contribution is 7.89. The average molecular weight is 542 g/mol. The summed E-state index contributed by atoms with van der Waals surface area (Å²) in [4.78, 5) is 28.6. The van der Waals surface area contributed by atoms with Gasteiger partial charge in [0.25, 0.3) is 0 Å². The first-order valence-corrected chi connectivity index (χ1v) is 14.1. The molecule has 0 saturated carbocycles. The van der Waals surface area contributed by atoms with Crippen molar-refractivity contribution in [1.82, 2.24) is 14.9 Å². The molecule has 3 aromatic rings. The molecule has 0 heterocycles. The van der Waals surface area contributed by atoms with E-state index in [0.29, 0.717) is 30.1 Å². The van der Waals surface area contributed by atoms with Gasteiger partial charge in [-0.1, -0.05) is 73.1 Å². The number of carbonyl (C=O) groups excluding carboxylic acids is 2. The number of nitrogens with zero attached hydrogens (tertiary/aromatic N) is 1. The van der Waals surface area contributed by atoms with Gasteiger partial charge in [-0.2, -0.15) is 0 Å². The normalized spacial score (nSPS) is 12.1. The van der Waals surface area contributed by atoms with E-state index in [-0.39, 0.29) is 29.7 Å². The molecule has 0 aliphatic rings. The molecule has 0 aliphatic heterocycles. The monoisotopic (exact) mass is 541 g/mol. The molecule has 9 heteroatoms. The first-order chi connectivity index (χ1) is 17.7. The third-order valence-electron chi connectivity index (χ3n) is 5.81. The van der Waals surface area contributed by atoms with Gasteiger partial charge in [-0.15, -0.1) is 0 Å². The highest BCUT2D eigenvalue weighted by atomic mass is 35.5. The van der Waals surface area contributed by atoms with Gasteiger partial charge in [0.2, 0.25) is 21.8 Å². The number of nitrogens with one attached hydrogen (secondary N) is 2. The molecule has 1 unspecified atom stereocenters. The number of benzene rings is 3. The van der Waals surface area contributed by atoms with Gasteiger partial charge < -0.3 is 10.2 Å². The van der Waals surface area contributed by atoms with Crippen molar-refractivity contribution in [2.75, 3.05) is 13.1 Å². The Morgan fingerprint density at radius 3 is 2.08 bits per heavy atom. The van der Waals surface area contributed by atoms with Crippen LogP contribution in [0.15, 0.2) is 83.8 Å². The van der Waals surface area contributed by atoms with Gasteiger partial charge in [-0.3, -0.25) is 9.59 Å². The van der Waals surface area contributed by atoms with E-state index in [1.807, 2.05) is 49.4 Å². The Labute approximate surface area is 223 Å². The minimum absolute atomic E-state index is 0.148. The van der Waals surface area contributed by atoms with E-state index < -0.39 is 16.1 Å². The van der Waals surface area contributed by atoms with Gasteiger partial charge in [0.1, 0.15) is 6.04 Å². The SMILES string of the molecule is CCNC(=O)C(c1ccccc1)N(Cc1ccc(Cl)cc1)C(=O)CCc1ccc(S(=O)(=O)NCC)cc1. The Morgan fingerprint density at radius 2 is 1.49 bits per heavy atom. The fraction of sp³-hybridized carbons (Fsp3) is 0.286. The number of carbonyl (C=O) groups is 2. The van der Waals surface area contributed by atoms with Crippen molar-refractivity contribution in [2.45, 2.75) is 44.2 Å². The molecule has 3 rings (SSSR count). The van der Waals surface area contributed by atoms with E-state index in [1.54, 1.807) is 36.1 Å². The Balaban J connectivity index is 1.86. The van der Waals surface area contributed by atoms with Crippen molar-refractivity contribution < 1.29 is 18.0 Å². The Bertz CT molecular complexity index is 1280. The second kappa shape index (κ2) is 13.4. The molecule has 0 fully saturated rings. The van der Waals surface area contributed by atoms with Crippen molar-refractivity contribution in [2.24, 2.45) is 0 Å². The zero-order valence-electron chi connectivity index (χ0n) is 21.0. The summed E-state index contributed by atoms with van der Waals surface area (Å²) in [5.41, 5.74) is 2.39. The van der Waals surface area contributed by atoms with Crippen LogP contribution in [0.2, 0.25) is 5.02 Å². The van der Waals surface area contributed by atoms with E-state index in [4.69, 9.17) is 11.6 Å². The Kier molecular flexibility index (Phi) is 10.3.